The molecule has 0 N–H and O–H groups in total. The van der Waals surface area contributed by atoms with E-state index in [1.165, 1.54) is 4.90 Å². The van der Waals surface area contributed by atoms with Gasteiger partial charge in [0.25, 0.3) is 0 Å². The molecule has 0 saturated heterocycles. The number of aldehydes is 1. The van der Waals surface area contributed by atoms with Gasteiger partial charge >= 0.3 is 6.09 Å². The Morgan fingerprint density at radius 1 is 1.43 bits per heavy atom. The molecule has 2 rings (SSSR count). The van der Waals surface area contributed by atoms with Gasteiger partial charge in [0.1, 0.15) is 30.3 Å². The van der Waals surface area contributed by atoms with Crippen molar-refractivity contribution in [1.29, 1.82) is 0 Å². The molecule has 1 unspecified atom stereocenters. The standard InChI is InChI=1S/C17H24N2O4/c1-17(2,3)23-16(21)19(5)14(11-20)12-6-7-15-13(10-12)18(4)8-9-22-15/h6-7,10-11,14H,8-9H2,1-5H3. The lowest BCUT2D eigenvalue weighted by atomic mass is 10.0. The van der Waals surface area contributed by atoms with E-state index in [-0.39, 0.29) is 0 Å². The Kier molecular flexibility index (Phi) is 4.82. The van der Waals surface area contributed by atoms with E-state index in [0.29, 0.717) is 6.61 Å². The van der Waals surface area contributed by atoms with Crippen LogP contribution < -0.4 is 9.64 Å². The molecule has 1 aromatic carbocycles. The number of nitrogens with zero attached hydrogens (tertiary/aromatic N) is 2. The number of benzene rings is 1. The molecule has 1 aliphatic rings. The lowest BCUT2D eigenvalue weighted by molar-refractivity contribution is -0.112. The summed E-state index contributed by atoms with van der Waals surface area (Å²) in [5.41, 5.74) is 1.03. The zero-order chi connectivity index (χ0) is 17.2. The Bertz CT molecular complexity index is 595. The zero-order valence-electron chi connectivity index (χ0n) is 14.3. The summed E-state index contributed by atoms with van der Waals surface area (Å²) < 4.78 is 10.9. The van der Waals surface area contributed by atoms with Gasteiger partial charge < -0.3 is 19.2 Å². The number of hydrogen-bond acceptors (Lipinski definition) is 5. The van der Waals surface area contributed by atoms with Crippen LogP contribution in [0.4, 0.5) is 10.5 Å². The topological polar surface area (TPSA) is 59.1 Å². The molecule has 126 valence electrons. The van der Waals surface area contributed by atoms with Crippen molar-refractivity contribution in [1.82, 2.24) is 4.90 Å². The highest BCUT2D eigenvalue weighted by Crippen LogP contribution is 2.34. The SMILES string of the molecule is CN1CCOc2ccc(C(C=O)N(C)C(=O)OC(C)(C)C)cc21. The van der Waals surface area contributed by atoms with E-state index in [0.717, 1.165) is 29.8 Å². The van der Waals surface area contributed by atoms with E-state index in [1.807, 2.05) is 19.2 Å². The minimum Gasteiger partial charge on any atom is -0.490 e. The first kappa shape index (κ1) is 17.1. The molecule has 6 heteroatoms. The van der Waals surface area contributed by atoms with Crippen molar-refractivity contribution < 1.29 is 19.1 Å². The molecule has 1 aromatic rings. The van der Waals surface area contributed by atoms with Crippen LogP contribution in [0.25, 0.3) is 0 Å². The summed E-state index contributed by atoms with van der Waals surface area (Å²) in [5.74, 6) is 0.784. The van der Waals surface area contributed by atoms with Crippen LogP contribution in [0.2, 0.25) is 0 Å². The Morgan fingerprint density at radius 2 is 2.13 bits per heavy atom. The smallest absolute Gasteiger partial charge is 0.410 e. The first-order valence-corrected chi connectivity index (χ1v) is 7.62. The van der Waals surface area contributed by atoms with Gasteiger partial charge in [0, 0.05) is 14.1 Å². The van der Waals surface area contributed by atoms with Gasteiger partial charge in [-0.15, -0.1) is 0 Å². The van der Waals surface area contributed by atoms with Gasteiger partial charge in [-0.25, -0.2) is 4.79 Å². The lowest BCUT2D eigenvalue weighted by Crippen LogP contribution is -2.37. The van der Waals surface area contributed by atoms with Crippen LogP contribution in [-0.2, 0) is 9.53 Å². The number of rotatable bonds is 3. The van der Waals surface area contributed by atoms with Gasteiger partial charge in [0.2, 0.25) is 0 Å². The monoisotopic (exact) mass is 320 g/mol. The first-order chi connectivity index (χ1) is 10.7. The van der Waals surface area contributed by atoms with Crippen molar-refractivity contribution >= 4 is 18.1 Å². The lowest BCUT2D eigenvalue weighted by Gasteiger charge is -2.31. The third-order valence-electron chi connectivity index (χ3n) is 3.65. The van der Waals surface area contributed by atoms with Crippen LogP contribution in [0.15, 0.2) is 18.2 Å². The average molecular weight is 320 g/mol. The van der Waals surface area contributed by atoms with Crippen LogP contribution >= 0.6 is 0 Å². The minimum absolute atomic E-state index is 0.531. The van der Waals surface area contributed by atoms with E-state index in [1.54, 1.807) is 33.9 Å². The largest absolute Gasteiger partial charge is 0.490 e. The van der Waals surface area contributed by atoms with Crippen molar-refractivity contribution in [3.63, 3.8) is 0 Å². The summed E-state index contributed by atoms with van der Waals surface area (Å²) >= 11 is 0. The quantitative estimate of drug-likeness (QED) is 0.801. The number of carbonyl (C=O) groups excluding carboxylic acids is 2. The fourth-order valence-electron chi connectivity index (χ4n) is 2.39. The van der Waals surface area contributed by atoms with Crippen LogP contribution in [-0.4, -0.2) is 50.1 Å². The highest BCUT2D eigenvalue weighted by molar-refractivity contribution is 5.75. The molecule has 0 radical (unpaired) electrons. The fourth-order valence-corrected chi connectivity index (χ4v) is 2.39. The summed E-state index contributed by atoms with van der Waals surface area (Å²) in [6.07, 6.45) is 0.215. The third-order valence-corrected chi connectivity index (χ3v) is 3.65. The molecule has 0 aromatic heterocycles. The number of fused-ring (bicyclic) bond motifs is 1. The van der Waals surface area contributed by atoms with E-state index in [2.05, 4.69) is 4.90 Å². The van der Waals surface area contributed by atoms with Crippen LogP contribution in [0.3, 0.4) is 0 Å². The van der Waals surface area contributed by atoms with Crippen molar-refractivity contribution in [2.45, 2.75) is 32.4 Å². The van der Waals surface area contributed by atoms with Crippen molar-refractivity contribution in [3.8, 4) is 5.75 Å². The predicted octanol–water partition coefficient (Wildman–Crippen LogP) is 2.62. The Morgan fingerprint density at radius 3 is 2.74 bits per heavy atom. The Labute approximate surface area is 137 Å². The number of carbonyl (C=O) groups is 2. The third kappa shape index (κ3) is 3.94. The Hall–Kier alpha value is -2.24. The van der Waals surface area contributed by atoms with Gasteiger partial charge in [0.05, 0.1) is 12.2 Å². The van der Waals surface area contributed by atoms with E-state index in [4.69, 9.17) is 9.47 Å². The van der Waals surface area contributed by atoms with Gasteiger partial charge in [-0.1, -0.05) is 6.07 Å². The van der Waals surface area contributed by atoms with Gasteiger partial charge in [-0.05, 0) is 38.5 Å². The second kappa shape index (κ2) is 6.48. The fraction of sp³-hybridized carbons (Fsp3) is 0.529. The number of likely N-dealkylation sites (N-methyl/N-ethyl adjacent to an activating group) is 2. The van der Waals surface area contributed by atoms with Gasteiger partial charge in [-0.3, -0.25) is 4.90 Å². The summed E-state index contributed by atoms with van der Waals surface area (Å²) in [6.45, 7) is 6.79. The summed E-state index contributed by atoms with van der Waals surface area (Å²) in [6, 6.07) is 4.82. The molecule has 0 spiro atoms. The molecule has 0 saturated carbocycles. The van der Waals surface area contributed by atoms with Gasteiger partial charge in [0.15, 0.2) is 0 Å². The molecular weight excluding hydrogens is 296 g/mol. The summed E-state index contributed by atoms with van der Waals surface area (Å²) in [5, 5.41) is 0. The summed E-state index contributed by atoms with van der Waals surface area (Å²) in [7, 11) is 3.53. The zero-order valence-corrected chi connectivity index (χ0v) is 14.3. The molecule has 6 nitrogen and oxygen atoms in total. The van der Waals surface area contributed by atoms with Crippen molar-refractivity contribution in [2.75, 3.05) is 32.1 Å². The second-order valence-corrected chi connectivity index (χ2v) is 6.67. The predicted molar refractivity (Wildman–Crippen MR) is 88.0 cm³/mol. The number of ether oxygens (including phenoxy) is 2. The summed E-state index contributed by atoms with van der Waals surface area (Å²) in [4.78, 5) is 27.1. The molecule has 23 heavy (non-hydrogen) atoms. The first-order valence-electron chi connectivity index (χ1n) is 7.62. The molecule has 0 aliphatic carbocycles. The number of amides is 1. The minimum atomic E-state index is -0.703. The second-order valence-electron chi connectivity index (χ2n) is 6.67. The number of anilines is 1. The maximum absolute atomic E-state index is 12.2. The highest BCUT2D eigenvalue weighted by Gasteiger charge is 2.27. The molecule has 0 fully saturated rings. The van der Waals surface area contributed by atoms with E-state index >= 15 is 0 Å². The molecule has 1 atom stereocenters. The molecule has 0 bridgehead atoms. The molecule has 1 heterocycles. The van der Waals surface area contributed by atoms with Crippen LogP contribution in [0.5, 0.6) is 5.75 Å². The highest BCUT2D eigenvalue weighted by atomic mass is 16.6. The maximum Gasteiger partial charge on any atom is 0.410 e. The van der Waals surface area contributed by atoms with Crippen molar-refractivity contribution in [3.05, 3.63) is 23.8 Å². The Balaban J connectivity index is 2.25. The average Bonchev–Trinajstić information content (AvgIpc) is 2.47. The van der Waals surface area contributed by atoms with Crippen molar-refractivity contribution in [2.24, 2.45) is 0 Å². The maximum atomic E-state index is 12.2. The van der Waals surface area contributed by atoms with E-state index < -0.39 is 17.7 Å². The normalized spacial score (nSPS) is 15.3. The van der Waals surface area contributed by atoms with Gasteiger partial charge in [-0.2, -0.15) is 0 Å². The van der Waals surface area contributed by atoms with E-state index in [9.17, 15) is 9.59 Å². The van der Waals surface area contributed by atoms with Crippen LogP contribution in [0, 0.1) is 0 Å². The molecule has 1 aliphatic heterocycles. The van der Waals surface area contributed by atoms with Crippen LogP contribution in [0.1, 0.15) is 32.4 Å². The molecular formula is C17H24N2O4. The number of hydrogen-bond donors (Lipinski definition) is 0. The molecule has 1 amide bonds.